The normalized spacial score (nSPS) is 11.3. The molecule has 0 fully saturated rings. The SMILES string of the molecule is Cc1nnsc1Cn1cnc2c1c(=O)n(C)c(=O)n2C. The highest BCUT2D eigenvalue weighted by molar-refractivity contribution is 7.05. The third-order valence-corrected chi connectivity index (χ3v) is 4.08. The highest BCUT2D eigenvalue weighted by atomic mass is 32.1. The first-order chi connectivity index (χ1) is 9.50. The fraction of sp³-hybridized carbons (Fsp3) is 0.364. The van der Waals surface area contributed by atoms with Gasteiger partial charge in [-0.25, -0.2) is 9.78 Å². The highest BCUT2D eigenvalue weighted by Gasteiger charge is 2.15. The van der Waals surface area contributed by atoms with Crippen LogP contribution in [0, 0.1) is 6.92 Å². The number of aryl methyl sites for hydroxylation is 2. The van der Waals surface area contributed by atoms with Crippen molar-refractivity contribution in [2.24, 2.45) is 14.1 Å². The molecule has 3 rings (SSSR count). The van der Waals surface area contributed by atoms with Crippen LogP contribution in [0.3, 0.4) is 0 Å². The largest absolute Gasteiger partial charge is 0.332 e. The summed E-state index contributed by atoms with van der Waals surface area (Å²) in [6.07, 6.45) is 1.56. The van der Waals surface area contributed by atoms with Crippen LogP contribution >= 0.6 is 11.5 Å². The van der Waals surface area contributed by atoms with Crippen LogP contribution in [0.2, 0.25) is 0 Å². The number of nitrogens with zero attached hydrogens (tertiary/aromatic N) is 6. The van der Waals surface area contributed by atoms with Crippen molar-refractivity contribution in [1.82, 2.24) is 28.3 Å². The number of imidazole rings is 1. The molecule has 0 amide bonds. The third kappa shape index (κ3) is 1.70. The number of hydrogen-bond acceptors (Lipinski definition) is 6. The lowest BCUT2D eigenvalue weighted by Crippen LogP contribution is -2.37. The summed E-state index contributed by atoms with van der Waals surface area (Å²) < 4.78 is 8.04. The van der Waals surface area contributed by atoms with Crippen LogP contribution < -0.4 is 11.2 Å². The van der Waals surface area contributed by atoms with E-state index in [9.17, 15) is 9.59 Å². The van der Waals surface area contributed by atoms with Gasteiger partial charge in [0, 0.05) is 14.1 Å². The van der Waals surface area contributed by atoms with Gasteiger partial charge in [0.1, 0.15) is 0 Å². The van der Waals surface area contributed by atoms with Gasteiger partial charge in [-0.2, -0.15) is 0 Å². The molecule has 3 heterocycles. The van der Waals surface area contributed by atoms with Gasteiger partial charge in [-0.1, -0.05) is 4.49 Å². The summed E-state index contributed by atoms with van der Waals surface area (Å²) in [6.45, 7) is 2.33. The van der Waals surface area contributed by atoms with Crippen molar-refractivity contribution in [3.8, 4) is 0 Å². The Hall–Kier alpha value is -2.29. The lowest BCUT2D eigenvalue weighted by molar-refractivity contribution is 0.702. The molecule has 0 N–H and O–H groups in total. The Morgan fingerprint density at radius 1 is 1.25 bits per heavy atom. The molecule has 0 unspecified atom stereocenters. The van der Waals surface area contributed by atoms with Gasteiger partial charge in [-0.05, 0) is 18.5 Å². The van der Waals surface area contributed by atoms with Crippen molar-refractivity contribution in [3.05, 3.63) is 37.7 Å². The fourth-order valence-corrected chi connectivity index (χ4v) is 2.70. The molecule has 0 atom stereocenters. The van der Waals surface area contributed by atoms with Gasteiger partial charge >= 0.3 is 5.69 Å². The molecule has 0 radical (unpaired) electrons. The monoisotopic (exact) mass is 292 g/mol. The molecule has 0 aliphatic carbocycles. The molecule has 0 aliphatic heterocycles. The van der Waals surface area contributed by atoms with E-state index in [0.717, 1.165) is 15.1 Å². The first-order valence-electron chi connectivity index (χ1n) is 5.89. The van der Waals surface area contributed by atoms with Gasteiger partial charge in [0.2, 0.25) is 0 Å². The van der Waals surface area contributed by atoms with Crippen LogP contribution in [-0.2, 0) is 20.6 Å². The van der Waals surface area contributed by atoms with Crippen LogP contribution in [0.4, 0.5) is 0 Å². The highest BCUT2D eigenvalue weighted by Crippen LogP contribution is 2.14. The maximum Gasteiger partial charge on any atom is 0.332 e. The summed E-state index contributed by atoms with van der Waals surface area (Å²) in [6, 6.07) is 0. The Bertz CT molecular complexity index is 915. The third-order valence-electron chi connectivity index (χ3n) is 3.28. The molecule has 3 aromatic heterocycles. The van der Waals surface area contributed by atoms with E-state index in [1.807, 2.05) is 6.92 Å². The average Bonchev–Trinajstić information content (AvgIpc) is 3.02. The van der Waals surface area contributed by atoms with Crippen molar-refractivity contribution < 1.29 is 0 Å². The zero-order valence-electron chi connectivity index (χ0n) is 11.2. The van der Waals surface area contributed by atoms with E-state index < -0.39 is 0 Å². The first-order valence-corrected chi connectivity index (χ1v) is 6.66. The predicted molar refractivity (Wildman–Crippen MR) is 74.0 cm³/mol. The van der Waals surface area contributed by atoms with Gasteiger partial charge in [0.05, 0.1) is 23.4 Å². The molecule has 0 aromatic carbocycles. The summed E-state index contributed by atoms with van der Waals surface area (Å²) in [4.78, 5) is 29.2. The van der Waals surface area contributed by atoms with E-state index >= 15 is 0 Å². The number of rotatable bonds is 2. The lowest BCUT2D eigenvalue weighted by Gasteiger charge is -2.05. The van der Waals surface area contributed by atoms with Gasteiger partial charge in [0.25, 0.3) is 5.56 Å². The minimum atomic E-state index is -0.386. The Labute approximate surface area is 117 Å². The molecular formula is C11H12N6O2S. The van der Waals surface area contributed by atoms with E-state index in [1.165, 1.54) is 23.1 Å². The van der Waals surface area contributed by atoms with Crippen LogP contribution in [-0.4, -0.2) is 28.3 Å². The minimum absolute atomic E-state index is 0.351. The van der Waals surface area contributed by atoms with E-state index in [0.29, 0.717) is 17.7 Å². The molecule has 0 saturated heterocycles. The fourth-order valence-electron chi connectivity index (χ4n) is 2.07. The average molecular weight is 292 g/mol. The second-order valence-electron chi connectivity index (χ2n) is 4.53. The number of hydrogen-bond donors (Lipinski definition) is 0. The van der Waals surface area contributed by atoms with Crippen molar-refractivity contribution in [3.63, 3.8) is 0 Å². The summed E-state index contributed by atoms with van der Waals surface area (Å²) in [5, 5.41) is 3.95. The van der Waals surface area contributed by atoms with Crippen LogP contribution in [0.5, 0.6) is 0 Å². The molecule has 20 heavy (non-hydrogen) atoms. The minimum Gasteiger partial charge on any atom is -0.319 e. The second-order valence-corrected chi connectivity index (χ2v) is 5.37. The molecule has 0 spiro atoms. The number of fused-ring (bicyclic) bond motifs is 1. The van der Waals surface area contributed by atoms with Crippen LogP contribution in [0.1, 0.15) is 10.6 Å². The standard InChI is InChI=1S/C11H12N6O2S/c1-6-7(20-14-13-6)4-17-5-12-9-8(17)10(18)16(3)11(19)15(9)2/h5H,4H2,1-3H3. The maximum absolute atomic E-state index is 12.3. The van der Waals surface area contributed by atoms with Crippen molar-refractivity contribution in [2.75, 3.05) is 0 Å². The summed E-state index contributed by atoms with van der Waals surface area (Å²) in [5.41, 5.74) is 0.883. The van der Waals surface area contributed by atoms with Crippen molar-refractivity contribution in [1.29, 1.82) is 0 Å². The summed E-state index contributed by atoms with van der Waals surface area (Å²) in [5.74, 6) is 0. The molecule has 104 valence electrons. The lowest BCUT2D eigenvalue weighted by atomic mass is 10.4. The zero-order chi connectivity index (χ0) is 14.4. The van der Waals surface area contributed by atoms with E-state index in [4.69, 9.17) is 0 Å². The molecule has 3 aromatic rings. The van der Waals surface area contributed by atoms with E-state index in [-0.39, 0.29) is 11.2 Å². The Kier molecular flexibility index (Phi) is 2.78. The molecule has 0 aliphatic rings. The van der Waals surface area contributed by atoms with Gasteiger partial charge in [-0.3, -0.25) is 13.9 Å². The smallest absolute Gasteiger partial charge is 0.319 e. The quantitative estimate of drug-likeness (QED) is 0.644. The molecular weight excluding hydrogens is 280 g/mol. The second kappa shape index (κ2) is 4.37. The Balaban J connectivity index is 2.27. The Morgan fingerprint density at radius 3 is 2.65 bits per heavy atom. The van der Waals surface area contributed by atoms with E-state index in [2.05, 4.69) is 14.6 Å². The van der Waals surface area contributed by atoms with Gasteiger partial charge in [0.15, 0.2) is 11.2 Å². The Morgan fingerprint density at radius 2 is 2.00 bits per heavy atom. The van der Waals surface area contributed by atoms with Crippen molar-refractivity contribution >= 4 is 22.7 Å². The van der Waals surface area contributed by atoms with Crippen LogP contribution in [0.15, 0.2) is 15.9 Å². The van der Waals surface area contributed by atoms with Crippen molar-refractivity contribution in [2.45, 2.75) is 13.5 Å². The zero-order valence-corrected chi connectivity index (χ0v) is 12.0. The maximum atomic E-state index is 12.3. The molecule has 9 heteroatoms. The summed E-state index contributed by atoms with van der Waals surface area (Å²) in [7, 11) is 3.06. The predicted octanol–water partition coefficient (Wildman–Crippen LogP) is -0.358. The summed E-state index contributed by atoms with van der Waals surface area (Å²) >= 11 is 1.29. The van der Waals surface area contributed by atoms with Crippen LogP contribution in [0.25, 0.3) is 11.2 Å². The topological polar surface area (TPSA) is 87.6 Å². The first kappa shape index (κ1) is 12.7. The number of aromatic nitrogens is 6. The molecule has 0 saturated carbocycles. The van der Waals surface area contributed by atoms with E-state index in [1.54, 1.807) is 17.9 Å². The van der Waals surface area contributed by atoms with Gasteiger partial charge < -0.3 is 4.57 Å². The van der Waals surface area contributed by atoms with Gasteiger partial charge in [-0.15, -0.1) is 5.10 Å². The molecule has 8 nitrogen and oxygen atoms in total. The molecule has 0 bridgehead atoms.